The van der Waals surface area contributed by atoms with E-state index in [1.54, 1.807) is 11.8 Å². The minimum Gasteiger partial charge on any atom is -0.395 e. The van der Waals surface area contributed by atoms with Crippen molar-refractivity contribution in [3.8, 4) is 0 Å². The molecule has 0 aromatic carbocycles. The maximum atomic E-state index is 9.72. The Balaban J connectivity index is 2.38. The van der Waals surface area contributed by atoms with E-state index in [2.05, 4.69) is 11.2 Å². The van der Waals surface area contributed by atoms with E-state index >= 15 is 0 Å². The van der Waals surface area contributed by atoms with Crippen molar-refractivity contribution < 1.29 is 28.8 Å². The monoisotopic (exact) mass is 381 g/mol. The number of ether oxygens (including phenoxy) is 5. The van der Waals surface area contributed by atoms with Crippen molar-refractivity contribution in [2.75, 3.05) is 97.8 Å². The molecule has 1 aliphatic rings. The molecule has 0 bridgehead atoms. The predicted octanol–water partition coefficient (Wildman–Crippen LogP) is 0.499. The van der Waals surface area contributed by atoms with Gasteiger partial charge in [0.05, 0.1) is 72.7 Å². The van der Waals surface area contributed by atoms with Crippen molar-refractivity contribution in [3.05, 3.63) is 0 Å². The molecule has 1 N–H and O–H groups in total. The SMILES string of the molecule is CSCC[C@@H](CO)N1CCOCCOCCOCCOCCOCC1. The summed E-state index contributed by atoms with van der Waals surface area (Å²) in [4.78, 5) is 2.26. The Hall–Kier alpha value is 0.0700. The van der Waals surface area contributed by atoms with Crippen LogP contribution in [0.1, 0.15) is 6.42 Å². The Morgan fingerprint density at radius 3 is 1.52 bits per heavy atom. The topological polar surface area (TPSA) is 69.6 Å². The first kappa shape index (κ1) is 23.1. The van der Waals surface area contributed by atoms with Crippen LogP contribution in [-0.2, 0) is 23.7 Å². The van der Waals surface area contributed by atoms with Gasteiger partial charge in [-0.15, -0.1) is 0 Å². The summed E-state index contributed by atoms with van der Waals surface area (Å²) in [6.07, 6.45) is 3.05. The van der Waals surface area contributed by atoms with Crippen LogP contribution in [0.2, 0.25) is 0 Å². The fourth-order valence-corrected chi connectivity index (χ4v) is 2.97. The van der Waals surface area contributed by atoms with Crippen LogP contribution in [-0.4, -0.2) is 114 Å². The maximum Gasteiger partial charge on any atom is 0.0701 e. The lowest BCUT2D eigenvalue weighted by Crippen LogP contribution is -2.42. The van der Waals surface area contributed by atoms with E-state index in [-0.39, 0.29) is 12.6 Å². The average molecular weight is 382 g/mol. The van der Waals surface area contributed by atoms with Crippen LogP contribution in [0.25, 0.3) is 0 Å². The smallest absolute Gasteiger partial charge is 0.0701 e. The van der Waals surface area contributed by atoms with Crippen molar-refractivity contribution in [1.82, 2.24) is 4.90 Å². The number of aliphatic hydroxyl groups is 1. The third kappa shape index (κ3) is 13.0. The predicted molar refractivity (Wildman–Crippen MR) is 99.5 cm³/mol. The number of thioether (sulfide) groups is 1. The normalized spacial score (nSPS) is 22.8. The van der Waals surface area contributed by atoms with Crippen LogP contribution in [0.15, 0.2) is 0 Å². The lowest BCUT2D eigenvalue weighted by molar-refractivity contribution is -0.0232. The molecule has 0 saturated carbocycles. The molecule has 0 aromatic heterocycles. The van der Waals surface area contributed by atoms with Crippen LogP contribution >= 0.6 is 11.8 Å². The van der Waals surface area contributed by atoms with E-state index in [9.17, 15) is 5.11 Å². The third-order valence-electron chi connectivity index (χ3n) is 3.92. The first-order chi connectivity index (χ1) is 12.4. The van der Waals surface area contributed by atoms with E-state index in [1.165, 1.54) is 0 Å². The summed E-state index contributed by atoms with van der Waals surface area (Å²) < 4.78 is 27.6. The molecule has 1 aliphatic heterocycles. The van der Waals surface area contributed by atoms with Gasteiger partial charge in [-0.1, -0.05) is 0 Å². The highest BCUT2D eigenvalue weighted by Crippen LogP contribution is 2.08. The Kier molecular flexibility index (Phi) is 16.2. The van der Waals surface area contributed by atoms with Gasteiger partial charge in [-0.25, -0.2) is 0 Å². The van der Waals surface area contributed by atoms with E-state index in [0.717, 1.165) is 25.3 Å². The van der Waals surface area contributed by atoms with Gasteiger partial charge in [-0.05, 0) is 18.4 Å². The van der Waals surface area contributed by atoms with Crippen LogP contribution in [0.4, 0.5) is 0 Å². The Bertz CT molecular complexity index is 270. The van der Waals surface area contributed by atoms with Crippen LogP contribution < -0.4 is 0 Å². The lowest BCUT2D eigenvalue weighted by Gasteiger charge is -2.30. The zero-order valence-corrected chi connectivity index (χ0v) is 16.3. The highest BCUT2D eigenvalue weighted by atomic mass is 32.2. The zero-order valence-electron chi connectivity index (χ0n) is 15.5. The summed E-state index contributed by atoms with van der Waals surface area (Å²) in [5.41, 5.74) is 0. The molecule has 0 aromatic rings. The van der Waals surface area contributed by atoms with E-state index in [4.69, 9.17) is 23.7 Å². The summed E-state index contributed by atoms with van der Waals surface area (Å²) in [6, 6.07) is 0.148. The molecule has 150 valence electrons. The molecule has 1 atom stereocenters. The van der Waals surface area contributed by atoms with Crippen molar-refractivity contribution in [1.29, 1.82) is 0 Å². The molecule has 0 radical (unpaired) electrons. The van der Waals surface area contributed by atoms with Crippen LogP contribution in [0, 0.1) is 0 Å². The van der Waals surface area contributed by atoms with Gasteiger partial charge in [0.2, 0.25) is 0 Å². The van der Waals surface area contributed by atoms with Crippen LogP contribution in [0.5, 0.6) is 0 Å². The summed E-state index contributed by atoms with van der Waals surface area (Å²) in [6.45, 7) is 7.53. The quantitative estimate of drug-likeness (QED) is 0.738. The number of nitrogens with zero attached hydrogens (tertiary/aromatic N) is 1. The van der Waals surface area contributed by atoms with Gasteiger partial charge in [-0.2, -0.15) is 11.8 Å². The molecular weight excluding hydrogens is 346 g/mol. The summed E-state index contributed by atoms with van der Waals surface area (Å²) in [5.74, 6) is 1.03. The first-order valence-electron chi connectivity index (χ1n) is 9.11. The summed E-state index contributed by atoms with van der Waals surface area (Å²) in [7, 11) is 0. The molecule has 0 aliphatic carbocycles. The van der Waals surface area contributed by atoms with Crippen molar-refractivity contribution in [2.24, 2.45) is 0 Å². The Labute approximate surface area is 156 Å². The largest absolute Gasteiger partial charge is 0.395 e. The Morgan fingerprint density at radius 1 is 0.760 bits per heavy atom. The molecule has 0 unspecified atom stereocenters. The van der Waals surface area contributed by atoms with Crippen LogP contribution in [0.3, 0.4) is 0 Å². The highest BCUT2D eigenvalue weighted by Gasteiger charge is 2.17. The molecule has 1 fully saturated rings. The van der Waals surface area contributed by atoms with Gasteiger partial charge >= 0.3 is 0 Å². The molecule has 8 heteroatoms. The fraction of sp³-hybridized carbons (Fsp3) is 1.00. The minimum absolute atomic E-state index is 0.148. The summed E-state index contributed by atoms with van der Waals surface area (Å²) >= 11 is 1.80. The summed E-state index contributed by atoms with van der Waals surface area (Å²) in [5, 5.41) is 9.72. The minimum atomic E-state index is 0.148. The number of rotatable bonds is 5. The molecule has 25 heavy (non-hydrogen) atoms. The first-order valence-corrected chi connectivity index (χ1v) is 10.5. The number of hydrogen-bond acceptors (Lipinski definition) is 8. The number of aliphatic hydroxyl groups excluding tert-OH is 1. The van der Waals surface area contributed by atoms with Gasteiger partial charge in [0.15, 0.2) is 0 Å². The van der Waals surface area contributed by atoms with Gasteiger partial charge in [0, 0.05) is 19.1 Å². The molecule has 1 rings (SSSR count). The number of hydrogen-bond donors (Lipinski definition) is 1. The van der Waals surface area contributed by atoms with E-state index in [0.29, 0.717) is 66.1 Å². The zero-order chi connectivity index (χ0) is 18.0. The van der Waals surface area contributed by atoms with Gasteiger partial charge in [0.25, 0.3) is 0 Å². The maximum absolute atomic E-state index is 9.72. The molecule has 1 heterocycles. The van der Waals surface area contributed by atoms with E-state index in [1.807, 2.05) is 0 Å². The van der Waals surface area contributed by atoms with Crippen molar-refractivity contribution >= 4 is 11.8 Å². The molecular formula is C17H35NO6S. The van der Waals surface area contributed by atoms with Crippen molar-refractivity contribution in [3.63, 3.8) is 0 Å². The van der Waals surface area contributed by atoms with Crippen molar-refractivity contribution in [2.45, 2.75) is 12.5 Å². The van der Waals surface area contributed by atoms with E-state index < -0.39 is 0 Å². The second-order valence-corrected chi connectivity index (χ2v) is 6.70. The molecule has 7 nitrogen and oxygen atoms in total. The molecule has 1 saturated heterocycles. The van der Waals surface area contributed by atoms with Gasteiger partial charge < -0.3 is 28.8 Å². The standard InChI is InChI=1S/C17H35NO6S/c1-25-15-2-17(16-19)18-3-5-20-7-9-22-11-13-24-14-12-23-10-8-21-6-4-18/h17,19H,2-16H2,1H3/t17-/m0/s1. The second-order valence-electron chi connectivity index (χ2n) is 5.72. The second kappa shape index (κ2) is 17.5. The average Bonchev–Trinajstić information content (AvgIpc) is 2.63. The molecule has 0 spiro atoms. The van der Waals surface area contributed by atoms with Gasteiger partial charge in [0.1, 0.15) is 0 Å². The van der Waals surface area contributed by atoms with Gasteiger partial charge in [-0.3, -0.25) is 4.90 Å². The lowest BCUT2D eigenvalue weighted by atomic mass is 10.2. The third-order valence-corrected chi connectivity index (χ3v) is 4.56. The fourth-order valence-electron chi connectivity index (χ4n) is 2.47. The molecule has 0 amide bonds. The highest BCUT2D eigenvalue weighted by molar-refractivity contribution is 7.98. The Morgan fingerprint density at radius 2 is 1.16 bits per heavy atom.